The monoisotopic (exact) mass is 582 g/mol. The summed E-state index contributed by atoms with van der Waals surface area (Å²) in [7, 11) is 0. The van der Waals surface area contributed by atoms with Crippen LogP contribution in [0.3, 0.4) is 0 Å². The highest BCUT2D eigenvalue weighted by Crippen LogP contribution is 2.33. The first-order chi connectivity index (χ1) is 16.6. The number of aromatic nitrogens is 2. The number of nitrogens with one attached hydrogen (secondary N) is 1. The average molecular weight is 585 g/mol. The predicted molar refractivity (Wildman–Crippen MR) is 143 cm³/mol. The van der Waals surface area contributed by atoms with Gasteiger partial charge >= 0.3 is 0 Å². The second-order valence-electron chi connectivity index (χ2n) is 7.62. The Kier molecular flexibility index (Phi) is 12.6. The number of carbonyl (C=O) groups excluding carboxylic acids is 2. The van der Waals surface area contributed by atoms with Crippen molar-refractivity contribution >= 4 is 75.5 Å². The minimum atomic E-state index is 0.108. The van der Waals surface area contributed by atoms with Crippen LogP contribution >= 0.6 is 58.0 Å². The smallest absolute Gasteiger partial charge is 0.219 e. The van der Waals surface area contributed by atoms with Gasteiger partial charge in [-0.1, -0.05) is 58.0 Å². The van der Waals surface area contributed by atoms with Gasteiger partial charge in [0.15, 0.2) is 0 Å². The lowest BCUT2D eigenvalue weighted by Crippen LogP contribution is -2.48. The Bertz CT molecular complexity index is 958. The van der Waals surface area contributed by atoms with E-state index < -0.39 is 0 Å². The number of anilines is 1. The van der Waals surface area contributed by atoms with Gasteiger partial charge in [-0.05, 0) is 0 Å². The lowest BCUT2D eigenvalue weighted by Gasteiger charge is -2.36. The molecule has 4 rings (SSSR count). The molecule has 0 unspecified atom stereocenters. The van der Waals surface area contributed by atoms with Gasteiger partial charge in [0.05, 0.1) is 30.8 Å². The van der Waals surface area contributed by atoms with Crippen molar-refractivity contribution in [2.45, 2.75) is 13.8 Å². The van der Waals surface area contributed by atoms with Crippen molar-refractivity contribution in [3.8, 4) is 0 Å². The molecule has 0 saturated carbocycles. The Labute approximate surface area is 230 Å². The summed E-state index contributed by atoms with van der Waals surface area (Å²) in [5, 5.41) is 5.39. The van der Waals surface area contributed by atoms with Crippen molar-refractivity contribution in [2.24, 2.45) is 0 Å². The van der Waals surface area contributed by atoms with E-state index in [1.165, 1.54) is 12.4 Å². The standard InChI is InChI=1S/C11H13Cl2N3O.C6H12N2O.C5H2Cl3N/c1-8(17)15-2-4-16(5-3-15)11-9(12)6-14-7-10(11)13;1-6(9)8-4-2-7-3-5-8;6-3-1-9-2-4(7)5(3)8/h6-7H,2-5H2,1H3;7H,2-5H2,1H3;1-2H. The van der Waals surface area contributed by atoms with Crippen molar-refractivity contribution in [1.82, 2.24) is 25.1 Å². The van der Waals surface area contributed by atoms with Crippen LogP contribution in [0.15, 0.2) is 24.8 Å². The van der Waals surface area contributed by atoms with E-state index in [1.54, 1.807) is 26.2 Å². The highest BCUT2D eigenvalue weighted by molar-refractivity contribution is 6.47. The summed E-state index contributed by atoms with van der Waals surface area (Å²) in [6, 6.07) is 0. The van der Waals surface area contributed by atoms with Crippen molar-refractivity contribution < 1.29 is 9.59 Å². The first-order valence-electron chi connectivity index (χ1n) is 10.8. The molecule has 2 aromatic heterocycles. The van der Waals surface area contributed by atoms with E-state index in [-0.39, 0.29) is 11.8 Å². The molecule has 0 aromatic carbocycles. The van der Waals surface area contributed by atoms with Gasteiger partial charge in [0.25, 0.3) is 0 Å². The van der Waals surface area contributed by atoms with E-state index in [2.05, 4.69) is 20.2 Å². The number of nitrogens with zero attached hydrogens (tertiary/aromatic N) is 5. The largest absolute Gasteiger partial charge is 0.365 e. The van der Waals surface area contributed by atoms with Crippen LogP contribution in [-0.4, -0.2) is 83.9 Å². The Morgan fingerprint density at radius 1 is 0.686 bits per heavy atom. The van der Waals surface area contributed by atoms with Gasteiger partial charge in [0.2, 0.25) is 11.8 Å². The van der Waals surface area contributed by atoms with Crippen LogP contribution in [0.2, 0.25) is 25.1 Å². The topological polar surface area (TPSA) is 81.7 Å². The molecule has 2 fully saturated rings. The molecular weight excluding hydrogens is 558 g/mol. The Balaban J connectivity index is 0.000000203. The van der Waals surface area contributed by atoms with Crippen LogP contribution in [0.25, 0.3) is 0 Å². The van der Waals surface area contributed by atoms with Crippen molar-refractivity contribution in [3.63, 3.8) is 0 Å². The van der Waals surface area contributed by atoms with Crippen LogP contribution in [-0.2, 0) is 9.59 Å². The summed E-state index contributed by atoms with van der Waals surface area (Å²) in [5.74, 6) is 0.299. The molecule has 4 heterocycles. The Hall–Kier alpha value is -1.55. The van der Waals surface area contributed by atoms with E-state index in [9.17, 15) is 9.59 Å². The normalized spacial score (nSPS) is 15.5. The fourth-order valence-corrected chi connectivity index (χ4v) is 4.39. The Morgan fingerprint density at radius 3 is 1.46 bits per heavy atom. The molecule has 1 N–H and O–H groups in total. The fourth-order valence-electron chi connectivity index (χ4n) is 3.33. The quantitative estimate of drug-likeness (QED) is 0.530. The van der Waals surface area contributed by atoms with Gasteiger partial charge in [0.1, 0.15) is 0 Å². The highest BCUT2D eigenvalue weighted by Gasteiger charge is 2.22. The molecule has 2 saturated heterocycles. The minimum absolute atomic E-state index is 0.108. The first-order valence-corrected chi connectivity index (χ1v) is 12.7. The fraction of sp³-hybridized carbons (Fsp3) is 0.455. The third kappa shape index (κ3) is 9.44. The molecule has 0 atom stereocenters. The van der Waals surface area contributed by atoms with E-state index in [1.807, 2.05) is 9.80 Å². The maximum Gasteiger partial charge on any atom is 0.219 e. The number of amides is 2. The van der Waals surface area contributed by atoms with Crippen LogP contribution in [0.5, 0.6) is 0 Å². The lowest BCUT2D eigenvalue weighted by atomic mass is 10.2. The predicted octanol–water partition coefficient (Wildman–Crippen LogP) is 4.54. The van der Waals surface area contributed by atoms with Gasteiger partial charge in [-0.3, -0.25) is 19.6 Å². The molecule has 2 aliphatic heterocycles. The SMILES string of the molecule is CC(=O)N1CCN(c2c(Cl)cncc2Cl)CC1.CC(=O)N1CCNCC1.Clc1cncc(Cl)c1Cl. The number of rotatable bonds is 1. The average Bonchev–Trinajstić information content (AvgIpc) is 2.84. The number of hydrogen-bond acceptors (Lipinski definition) is 6. The van der Waals surface area contributed by atoms with Crippen molar-refractivity contribution in [1.29, 1.82) is 0 Å². The van der Waals surface area contributed by atoms with Gasteiger partial charge < -0.3 is 20.0 Å². The summed E-state index contributed by atoms with van der Waals surface area (Å²) in [6.45, 7) is 9.71. The van der Waals surface area contributed by atoms with Crippen LogP contribution in [0, 0.1) is 0 Å². The van der Waals surface area contributed by atoms with Crippen LogP contribution in [0.1, 0.15) is 13.8 Å². The number of pyridine rings is 2. The molecule has 8 nitrogen and oxygen atoms in total. The number of hydrogen-bond donors (Lipinski definition) is 1. The molecule has 13 heteroatoms. The molecule has 0 aliphatic carbocycles. The molecule has 2 aromatic rings. The lowest BCUT2D eigenvalue weighted by molar-refractivity contribution is -0.130. The molecule has 35 heavy (non-hydrogen) atoms. The number of halogens is 5. The first kappa shape index (κ1) is 29.7. The van der Waals surface area contributed by atoms with Gasteiger partial charge in [-0.25, -0.2) is 0 Å². The second kappa shape index (κ2) is 14.9. The zero-order valence-corrected chi connectivity index (χ0v) is 23.2. The third-order valence-electron chi connectivity index (χ3n) is 5.23. The van der Waals surface area contributed by atoms with Crippen molar-refractivity contribution in [2.75, 3.05) is 57.3 Å². The van der Waals surface area contributed by atoms with Crippen LogP contribution in [0.4, 0.5) is 5.69 Å². The summed E-state index contributed by atoms with van der Waals surface area (Å²) >= 11 is 28.8. The maximum absolute atomic E-state index is 11.2. The molecular formula is C22H27Cl5N6O2. The molecule has 2 amide bonds. The van der Waals surface area contributed by atoms with E-state index in [0.29, 0.717) is 38.2 Å². The maximum atomic E-state index is 11.2. The van der Waals surface area contributed by atoms with Gasteiger partial charge in [-0.15, -0.1) is 0 Å². The molecule has 0 radical (unpaired) electrons. The van der Waals surface area contributed by atoms with Gasteiger partial charge in [0, 0.05) is 91.0 Å². The molecule has 0 spiro atoms. The van der Waals surface area contributed by atoms with Crippen LogP contribution < -0.4 is 10.2 Å². The summed E-state index contributed by atoms with van der Waals surface area (Å²) < 4.78 is 0. The summed E-state index contributed by atoms with van der Waals surface area (Å²) in [5.41, 5.74) is 0.812. The molecule has 192 valence electrons. The highest BCUT2D eigenvalue weighted by atomic mass is 35.5. The second-order valence-corrected chi connectivity index (χ2v) is 9.62. The summed E-state index contributed by atoms with van der Waals surface area (Å²) in [6.07, 6.45) is 6.05. The number of piperazine rings is 2. The molecule has 0 bridgehead atoms. The van der Waals surface area contributed by atoms with Gasteiger partial charge in [-0.2, -0.15) is 0 Å². The van der Waals surface area contributed by atoms with E-state index in [4.69, 9.17) is 58.0 Å². The molecule has 2 aliphatic rings. The zero-order valence-electron chi connectivity index (χ0n) is 19.4. The summed E-state index contributed by atoms with van der Waals surface area (Å²) in [4.78, 5) is 35.3. The zero-order chi connectivity index (χ0) is 26.0. The van der Waals surface area contributed by atoms with Crippen molar-refractivity contribution in [3.05, 3.63) is 49.9 Å². The minimum Gasteiger partial charge on any atom is -0.365 e. The van der Waals surface area contributed by atoms with E-state index in [0.717, 1.165) is 45.0 Å². The Morgan fingerprint density at radius 2 is 1.09 bits per heavy atom. The number of carbonyl (C=O) groups is 2. The third-order valence-corrected chi connectivity index (χ3v) is 6.95. The van der Waals surface area contributed by atoms with E-state index >= 15 is 0 Å².